The summed E-state index contributed by atoms with van der Waals surface area (Å²) in [6.45, 7) is 4.58. The fourth-order valence-corrected chi connectivity index (χ4v) is 2.86. The van der Waals surface area contributed by atoms with Crippen LogP contribution in [0, 0.1) is 17.2 Å². The normalized spacial score (nSPS) is 12.1. The molecule has 0 saturated carbocycles. The van der Waals surface area contributed by atoms with E-state index in [1.165, 1.54) is 11.3 Å². The molecule has 2 aromatic rings. The minimum absolute atomic E-state index is 0.170. The van der Waals surface area contributed by atoms with Crippen molar-refractivity contribution in [1.82, 2.24) is 14.9 Å². The molecule has 2 rings (SSSR count). The molecular weight excluding hydrogens is 274 g/mol. The van der Waals surface area contributed by atoms with E-state index < -0.39 is 0 Å². The van der Waals surface area contributed by atoms with Crippen LogP contribution >= 0.6 is 11.3 Å². The van der Waals surface area contributed by atoms with Gasteiger partial charge in [-0.1, -0.05) is 0 Å². The molecule has 6 nitrogen and oxygen atoms in total. The summed E-state index contributed by atoms with van der Waals surface area (Å²) in [5.74, 6) is -0.386. The van der Waals surface area contributed by atoms with Gasteiger partial charge in [0.1, 0.15) is 15.2 Å². The van der Waals surface area contributed by atoms with Crippen LogP contribution in [-0.4, -0.2) is 33.9 Å². The molecule has 0 aliphatic carbocycles. The zero-order valence-electron chi connectivity index (χ0n) is 11.3. The number of nitrogens with zero attached hydrogens (tertiary/aromatic N) is 4. The largest absolute Gasteiger partial charge is 0.396 e. The van der Waals surface area contributed by atoms with Gasteiger partial charge in [-0.15, -0.1) is 11.3 Å². The van der Waals surface area contributed by atoms with Crippen LogP contribution < -0.4 is 5.73 Å². The van der Waals surface area contributed by atoms with Crippen LogP contribution in [0.15, 0.2) is 12.4 Å². The second kappa shape index (κ2) is 5.84. The average Bonchev–Trinajstić information content (AvgIpc) is 2.81. The fraction of sp³-hybridized carbons (Fsp3) is 0.385. The minimum atomic E-state index is -0.217. The van der Waals surface area contributed by atoms with Crippen molar-refractivity contribution in [1.29, 1.82) is 5.26 Å². The Morgan fingerprint density at radius 3 is 2.85 bits per heavy atom. The number of hydrogen-bond donors (Lipinski definition) is 1. The second-order valence-corrected chi connectivity index (χ2v) is 5.43. The first kappa shape index (κ1) is 14.2. The highest BCUT2D eigenvalue weighted by atomic mass is 32.1. The van der Waals surface area contributed by atoms with E-state index in [2.05, 4.69) is 16.0 Å². The molecule has 0 saturated heterocycles. The number of anilines is 1. The summed E-state index contributed by atoms with van der Waals surface area (Å²) in [6.07, 6.45) is 3.12. The van der Waals surface area contributed by atoms with Crippen molar-refractivity contribution < 1.29 is 4.79 Å². The van der Waals surface area contributed by atoms with E-state index in [9.17, 15) is 4.79 Å². The number of nitrogen functional groups attached to an aromatic ring is 1. The van der Waals surface area contributed by atoms with Gasteiger partial charge in [-0.3, -0.25) is 4.79 Å². The molecule has 20 heavy (non-hydrogen) atoms. The third kappa shape index (κ3) is 2.56. The summed E-state index contributed by atoms with van der Waals surface area (Å²) in [7, 11) is 0. The molecule has 0 aliphatic heterocycles. The van der Waals surface area contributed by atoms with Crippen molar-refractivity contribution in [2.45, 2.75) is 13.8 Å². The van der Waals surface area contributed by atoms with Crippen molar-refractivity contribution in [2.24, 2.45) is 5.92 Å². The Morgan fingerprint density at radius 2 is 2.25 bits per heavy atom. The van der Waals surface area contributed by atoms with Crippen LogP contribution in [0.2, 0.25) is 0 Å². The molecule has 0 radical (unpaired) electrons. The van der Waals surface area contributed by atoms with Gasteiger partial charge < -0.3 is 10.6 Å². The summed E-state index contributed by atoms with van der Waals surface area (Å²) in [4.78, 5) is 23.5. The Balaban J connectivity index is 2.35. The van der Waals surface area contributed by atoms with Gasteiger partial charge in [0.05, 0.1) is 17.7 Å². The van der Waals surface area contributed by atoms with Gasteiger partial charge in [0.15, 0.2) is 0 Å². The SMILES string of the molecule is CCN(CC(C)C#N)C(=O)c1sc2nccnc2c1N. The number of aromatic nitrogens is 2. The summed E-state index contributed by atoms with van der Waals surface area (Å²) in [5, 5.41) is 8.87. The van der Waals surface area contributed by atoms with Crippen LogP contribution in [-0.2, 0) is 0 Å². The lowest BCUT2D eigenvalue weighted by atomic mass is 10.2. The Kier molecular flexibility index (Phi) is 4.15. The molecule has 0 fully saturated rings. The van der Waals surface area contributed by atoms with Crippen molar-refractivity contribution in [3.05, 3.63) is 17.3 Å². The zero-order chi connectivity index (χ0) is 14.7. The fourth-order valence-electron chi connectivity index (χ4n) is 1.87. The van der Waals surface area contributed by atoms with Crippen LogP contribution in [0.25, 0.3) is 10.3 Å². The maximum atomic E-state index is 12.5. The maximum Gasteiger partial charge on any atom is 0.266 e. The van der Waals surface area contributed by atoms with Crippen molar-refractivity contribution >= 4 is 33.3 Å². The van der Waals surface area contributed by atoms with Crippen molar-refractivity contribution in [3.8, 4) is 6.07 Å². The molecular formula is C13H15N5OS. The van der Waals surface area contributed by atoms with E-state index in [-0.39, 0.29) is 11.8 Å². The summed E-state index contributed by atoms with van der Waals surface area (Å²) in [6, 6.07) is 2.13. The minimum Gasteiger partial charge on any atom is -0.396 e. The number of carbonyl (C=O) groups is 1. The molecule has 0 spiro atoms. The standard InChI is InChI=1S/C13H15N5OS/c1-3-18(7-8(2)6-14)13(19)11-9(15)10-12(20-11)17-5-4-16-10/h4-5,8H,3,7,15H2,1-2H3. The van der Waals surface area contributed by atoms with Gasteiger partial charge in [0, 0.05) is 25.5 Å². The van der Waals surface area contributed by atoms with Gasteiger partial charge in [-0.25, -0.2) is 9.97 Å². The molecule has 104 valence electrons. The third-order valence-electron chi connectivity index (χ3n) is 2.94. The Morgan fingerprint density at radius 1 is 1.55 bits per heavy atom. The predicted molar refractivity (Wildman–Crippen MR) is 78.2 cm³/mol. The Hall–Kier alpha value is -2.20. The smallest absolute Gasteiger partial charge is 0.266 e. The van der Waals surface area contributed by atoms with Crippen LogP contribution in [0.5, 0.6) is 0 Å². The first-order valence-electron chi connectivity index (χ1n) is 6.26. The Labute approximate surface area is 120 Å². The van der Waals surface area contributed by atoms with E-state index in [1.807, 2.05) is 6.92 Å². The molecule has 1 unspecified atom stereocenters. The van der Waals surface area contributed by atoms with Crippen molar-refractivity contribution in [3.63, 3.8) is 0 Å². The number of fused-ring (bicyclic) bond motifs is 1. The first-order chi connectivity index (χ1) is 9.58. The van der Waals surface area contributed by atoms with Crippen LogP contribution in [0.3, 0.4) is 0 Å². The number of amides is 1. The monoisotopic (exact) mass is 289 g/mol. The lowest BCUT2D eigenvalue weighted by Crippen LogP contribution is -2.34. The van der Waals surface area contributed by atoms with Gasteiger partial charge in [-0.2, -0.15) is 5.26 Å². The van der Waals surface area contributed by atoms with Gasteiger partial charge >= 0.3 is 0 Å². The molecule has 0 aromatic carbocycles. The highest BCUT2D eigenvalue weighted by molar-refractivity contribution is 7.21. The average molecular weight is 289 g/mol. The van der Waals surface area contributed by atoms with Gasteiger partial charge in [-0.05, 0) is 13.8 Å². The van der Waals surface area contributed by atoms with E-state index in [0.29, 0.717) is 34.0 Å². The van der Waals surface area contributed by atoms with Crippen molar-refractivity contribution in [2.75, 3.05) is 18.8 Å². The lowest BCUT2D eigenvalue weighted by Gasteiger charge is -2.21. The molecule has 7 heteroatoms. The molecule has 2 N–H and O–H groups in total. The number of hydrogen-bond acceptors (Lipinski definition) is 6. The number of rotatable bonds is 4. The predicted octanol–water partition coefficient (Wildman–Crippen LogP) is 1.90. The molecule has 1 atom stereocenters. The summed E-state index contributed by atoms with van der Waals surface area (Å²) < 4.78 is 0. The molecule has 0 aliphatic rings. The van der Waals surface area contributed by atoms with E-state index in [1.54, 1.807) is 24.2 Å². The first-order valence-corrected chi connectivity index (χ1v) is 7.08. The molecule has 1 amide bonds. The molecule has 2 aromatic heterocycles. The highest BCUT2D eigenvalue weighted by Crippen LogP contribution is 2.31. The topological polar surface area (TPSA) is 95.9 Å². The lowest BCUT2D eigenvalue weighted by molar-refractivity contribution is 0.0758. The van der Waals surface area contributed by atoms with Crippen LogP contribution in [0.4, 0.5) is 5.69 Å². The summed E-state index contributed by atoms with van der Waals surface area (Å²) >= 11 is 1.24. The van der Waals surface area contributed by atoms with Crippen LogP contribution in [0.1, 0.15) is 23.5 Å². The second-order valence-electron chi connectivity index (χ2n) is 4.43. The third-order valence-corrected chi connectivity index (χ3v) is 4.03. The van der Waals surface area contributed by atoms with E-state index >= 15 is 0 Å². The van der Waals surface area contributed by atoms with E-state index in [0.717, 1.165) is 0 Å². The quantitative estimate of drug-likeness (QED) is 0.927. The van der Waals surface area contributed by atoms with Gasteiger partial charge in [0.25, 0.3) is 5.91 Å². The number of carbonyl (C=O) groups excluding carboxylic acids is 1. The maximum absolute atomic E-state index is 12.5. The number of thiophene rings is 1. The number of nitrogens with two attached hydrogens (primary N) is 1. The number of nitriles is 1. The molecule has 2 heterocycles. The summed E-state index contributed by atoms with van der Waals surface area (Å²) in [5.41, 5.74) is 6.92. The molecule has 0 bridgehead atoms. The Bertz CT molecular complexity index is 675. The zero-order valence-corrected chi connectivity index (χ0v) is 12.1. The van der Waals surface area contributed by atoms with Gasteiger partial charge in [0.2, 0.25) is 0 Å². The van der Waals surface area contributed by atoms with E-state index in [4.69, 9.17) is 11.0 Å². The highest BCUT2D eigenvalue weighted by Gasteiger charge is 2.23.